The van der Waals surface area contributed by atoms with Crippen LogP contribution in [-0.4, -0.2) is 48.4 Å². The van der Waals surface area contributed by atoms with Gasteiger partial charge in [-0.2, -0.15) is 0 Å². The van der Waals surface area contributed by atoms with E-state index in [4.69, 9.17) is 4.42 Å². The van der Waals surface area contributed by atoms with Gasteiger partial charge in [-0.25, -0.2) is 0 Å². The minimum absolute atomic E-state index is 0.0790. The topological polar surface area (TPSA) is 48.7 Å². The van der Waals surface area contributed by atoms with E-state index in [2.05, 4.69) is 27.2 Å². The number of piperazine rings is 1. The van der Waals surface area contributed by atoms with Gasteiger partial charge in [0.1, 0.15) is 11.3 Å². The molecule has 2 aromatic carbocycles. The van der Waals surface area contributed by atoms with Crippen LogP contribution in [0, 0.1) is 6.92 Å². The molecule has 1 aliphatic heterocycles. The normalized spacial score (nSPS) is 15.8. The maximum Gasteiger partial charge on any atom is 0.225 e. The number of hydrogen-bond donors (Lipinski definition) is 1. The molecule has 4 rings (SSSR count). The van der Waals surface area contributed by atoms with Crippen molar-refractivity contribution in [1.29, 1.82) is 0 Å². The maximum absolute atomic E-state index is 12.2. The zero-order valence-corrected chi connectivity index (χ0v) is 16.4. The Balaban J connectivity index is 1.20. The van der Waals surface area contributed by atoms with Crippen LogP contribution in [0.5, 0.6) is 0 Å². The van der Waals surface area contributed by atoms with E-state index in [0.29, 0.717) is 6.42 Å². The second-order valence-corrected chi connectivity index (χ2v) is 7.54. The Kier molecular flexibility index (Phi) is 5.74. The molecule has 5 heteroatoms. The summed E-state index contributed by atoms with van der Waals surface area (Å²) in [5, 5.41) is 4.15. The van der Waals surface area contributed by atoms with Gasteiger partial charge in [-0.15, -0.1) is 0 Å². The number of hydrogen-bond acceptors (Lipinski definition) is 4. The third kappa shape index (κ3) is 4.80. The van der Waals surface area contributed by atoms with Crippen molar-refractivity contribution >= 4 is 22.6 Å². The SMILES string of the molecule is Cc1cccc(NC(=O)CCN2CCN(Cc3cc4ccccc4o3)CC2)c1. The zero-order valence-electron chi connectivity index (χ0n) is 16.4. The first-order chi connectivity index (χ1) is 13.7. The first-order valence-electron chi connectivity index (χ1n) is 9.94. The van der Waals surface area contributed by atoms with Crippen LogP contribution in [0.2, 0.25) is 0 Å². The standard InChI is InChI=1S/C23H27N3O2/c1-18-5-4-7-20(15-18)24-23(27)9-10-25-11-13-26(14-12-25)17-21-16-19-6-2-3-8-22(19)28-21/h2-8,15-16H,9-14,17H2,1H3,(H,24,27). The number of benzene rings is 2. The minimum Gasteiger partial charge on any atom is -0.460 e. The number of fused-ring (bicyclic) bond motifs is 1. The van der Waals surface area contributed by atoms with Crippen molar-refractivity contribution < 1.29 is 9.21 Å². The van der Waals surface area contributed by atoms with Crippen molar-refractivity contribution in [2.45, 2.75) is 19.9 Å². The first kappa shape index (κ1) is 18.7. The molecule has 1 aromatic heterocycles. The van der Waals surface area contributed by atoms with E-state index >= 15 is 0 Å². The molecule has 0 spiro atoms. The summed E-state index contributed by atoms with van der Waals surface area (Å²) in [4.78, 5) is 17.0. The van der Waals surface area contributed by atoms with Crippen LogP contribution < -0.4 is 5.32 Å². The number of carbonyl (C=O) groups is 1. The molecule has 3 aromatic rings. The van der Waals surface area contributed by atoms with Crippen LogP contribution in [0.3, 0.4) is 0 Å². The van der Waals surface area contributed by atoms with Crippen LogP contribution in [-0.2, 0) is 11.3 Å². The lowest BCUT2D eigenvalue weighted by atomic mass is 10.2. The van der Waals surface area contributed by atoms with Gasteiger partial charge in [-0.1, -0.05) is 30.3 Å². The Morgan fingerprint density at radius 1 is 1.00 bits per heavy atom. The van der Waals surface area contributed by atoms with Gasteiger partial charge in [0.05, 0.1) is 6.54 Å². The van der Waals surface area contributed by atoms with Gasteiger partial charge in [0.15, 0.2) is 0 Å². The molecule has 5 nitrogen and oxygen atoms in total. The van der Waals surface area contributed by atoms with Crippen molar-refractivity contribution in [3.63, 3.8) is 0 Å². The summed E-state index contributed by atoms with van der Waals surface area (Å²) in [6.45, 7) is 7.63. The highest BCUT2D eigenvalue weighted by Crippen LogP contribution is 2.20. The number of carbonyl (C=O) groups excluding carboxylic acids is 1. The number of furan rings is 1. The molecule has 1 fully saturated rings. The van der Waals surface area contributed by atoms with Gasteiger partial charge in [-0.3, -0.25) is 9.69 Å². The molecule has 0 atom stereocenters. The molecule has 0 saturated carbocycles. The number of nitrogens with one attached hydrogen (secondary N) is 1. The van der Waals surface area contributed by atoms with E-state index < -0.39 is 0 Å². The van der Waals surface area contributed by atoms with Crippen LogP contribution in [0.25, 0.3) is 11.0 Å². The monoisotopic (exact) mass is 377 g/mol. The summed E-state index contributed by atoms with van der Waals surface area (Å²) in [5.41, 5.74) is 2.98. The van der Waals surface area contributed by atoms with Crippen molar-refractivity contribution in [3.8, 4) is 0 Å². The van der Waals surface area contributed by atoms with Gasteiger partial charge in [0.25, 0.3) is 0 Å². The number of para-hydroxylation sites is 1. The quantitative estimate of drug-likeness (QED) is 0.708. The largest absolute Gasteiger partial charge is 0.460 e. The van der Waals surface area contributed by atoms with E-state index in [1.807, 2.05) is 49.4 Å². The summed E-state index contributed by atoms with van der Waals surface area (Å²) < 4.78 is 5.93. The Labute approximate surface area is 165 Å². The summed E-state index contributed by atoms with van der Waals surface area (Å²) in [7, 11) is 0. The van der Waals surface area contributed by atoms with Gasteiger partial charge in [0, 0.05) is 50.2 Å². The third-order valence-electron chi connectivity index (χ3n) is 5.28. The fraction of sp³-hybridized carbons (Fsp3) is 0.348. The minimum atomic E-state index is 0.0790. The third-order valence-corrected chi connectivity index (χ3v) is 5.28. The Hall–Kier alpha value is -2.63. The summed E-state index contributed by atoms with van der Waals surface area (Å²) >= 11 is 0. The lowest BCUT2D eigenvalue weighted by Gasteiger charge is -2.34. The van der Waals surface area contributed by atoms with E-state index in [1.54, 1.807) is 0 Å². The van der Waals surface area contributed by atoms with Crippen molar-refractivity contribution in [1.82, 2.24) is 9.80 Å². The lowest BCUT2D eigenvalue weighted by molar-refractivity contribution is -0.116. The van der Waals surface area contributed by atoms with Crippen molar-refractivity contribution in [2.75, 3.05) is 38.0 Å². The first-order valence-corrected chi connectivity index (χ1v) is 9.94. The van der Waals surface area contributed by atoms with E-state index in [9.17, 15) is 4.79 Å². The molecule has 146 valence electrons. The summed E-state index contributed by atoms with van der Waals surface area (Å²) in [6, 6.07) is 18.2. The van der Waals surface area contributed by atoms with Crippen LogP contribution in [0.1, 0.15) is 17.7 Å². The highest BCUT2D eigenvalue weighted by Gasteiger charge is 2.19. The van der Waals surface area contributed by atoms with E-state index in [1.165, 1.54) is 0 Å². The predicted octanol–water partition coefficient (Wildman–Crippen LogP) is 3.89. The lowest BCUT2D eigenvalue weighted by Crippen LogP contribution is -2.46. The average molecular weight is 377 g/mol. The molecule has 0 radical (unpaired) electrons. The van der Waals surface area contributed by atoms with Gasteiger partial charge in [-0.05, 0) is 36.8 Å². The fourth-order valence-electron chi connectivity index (χ4n) is 3.71. The van der Waals surface area contributed by atoms with Gasteiger partial charge < -0.3 is 14.6 Å². The van der Waals surface area contributed by atoms with Crippen molar-refractivity contribution in [3.05, 3.63) is 65.9 Å². The van der Waals surface area contributed by atoms with Crippen molar-refractivity contribution in [2.24, 2.45) is 0 Å². The van der Waals surface area contributed by atoms with Gasteiger partial charge >= 0.3 is 0 Å². The molecule has 1 aliphatic rings. The number of amides is 1. The average Bonchev–Trinajstić information content (AvgIpc) is 3.10. The molecule has 0 bridgehead atoms. The van der Waals surface area contributed by atoms with E-state index in [-0.39, 0.29) is 5.91 Å². The maximum atomic E-state index is 12.2. The molecule has 28 heavy (non-hydrogen) atoms. The predicted molar refractivity (Wildman–Crippen MR) is 112 cm³/mol. The van der Waals surface area contributed by atoms with Crippen LogP contribution in [0.4, 0.5) is 5.69 Å². The molecule has 0 aliphatic carbocycles. The second kappa shape index (κ2) is 8.59. The molecule has 1 saturated heterocycles. The number of aryl methyl sites for hydroxylation is 1. The molecule has 0 unspecified atom stereocenters. The molecule has 1 N–H and O–H groups in total. The van der Waals surface area contributed by atoms with Crippen LogP contribution >= 0.6 is 0 Å². The second-order valence-electron chi connectivity index (χ2n) is 7.54. The fourth-order valence-corrected chi connectivity index (χ4v) is 3.71. The highest BCUT2D eigenvalue weighted by atomic mass is 16.3. The summed E-state index contributed by atoms with van der Waals surface area (Å²) in [6.07, 6.45) is 0.525. The summed E-state index contributed by atoms with van der Waals surface area (Å²) in [5.74, 6) is 1.10. The molecule has 1 amide bonds. The number of nitrogens with zero attached hydrogens (tertiary/aromatic N) is 2. The smallest absolute Gasteiger partial charge is 0.225 e. The van der Waals surface area contributed by atoms with Gasteiger partial charge in [0.2, 0.25) is 5.91 Å². The Morgan fingerprint density at radius 3 is 2.57 bits per heavy atom. The Morgan fingerprint density at radius 2 is 1.79 bits per heavy atom. The van der Waals surface area contributed by atoms with E-state index in [0.717, 1.165) is 67.2 Å². The molecular formula is C23H27N3O2. The highest BCUT2D eigenvalue weighted by molar-refractivity contribution is 5.90. The number of anilines is 1. The number of rotatable bonds is 6. The molecule has 2 heterocycles. The zero-order chi connectivity index (χ0) is 19.3. The molecular weight excluding hydrogens is 350 g/mol. The van der Waals surface area contributed by atoms with Crippen LogP contribution in [0.15, 0.2) is 59.0 Å². The Bertz CT molecular complexity index is 909.